The Morgan fingerprint density at radius 2 is 0.821 bits per heavy atom. The van der Waals surface area contributed by atoms with Gasteiger partial charge in [0.2, 0.25) is 0 Å². The number of rotatable bonds is 10. The second-order valence-electron chi connectivity index (χ2n) is 5.66. The van der Waals surface area contributed by atoms with Crippen LogP contribution in [-0.2, 0) is 0 Å². The van der Waals surface area contributed by atoms with Crippen LogP contribution in [0.25, 0.3) is 0 Å². The molecule has 0 bridgehead atoms. The molecule has 0 atom stereocenters. The highest BCUT2D eigenvalue weighted by Gasteiger charge is 2.14. The van der Waals surface area contributed by atoms with Crippen LogP contribution in [0.5, 0.6) is 0 Å². The molecule has 0 spiro atoms. The van der Waals surface area contributed by atoms with Gasteiger partial charge >= 0.3 is 0 Å². The van der Waals surface area contributed by atoms with Gasteiger partial charge in [-0.25, -0.2) is 0 Å². The maximum absolute atomic E-state index is 6.12. The van der Waals surface area contributed by atoms with Crippen molar-refractivity contribution >= 4 is 69.8 Å². The monoisotopic (exact) mass is 452 g/mol. The maximum atomic E-state index is 6.12. The minimum atomic E-state index is 0.766. The Morgan fingerprint density at radius 3 is 1.04 bits per heavy atom. The lowest BCUT2D eigenvalue weighted by Gasteiger charge is -2.13. The Balaban J connectivity index is 2.58. The molecule has 0 heterocycles. The van der Waals surface area contributed by atoms with Crippen LogP contribution in [0.4, 0.5) is 22.7 Å². The number of thioether (sulfide) groups is 4. The predicted molar refractivity (Wildman–Crippen MR) is 131 cm³/mol. The van der Waals surface area contributed by atoms with Gasteiger partial charge in [-0.15, -0.1) is 57.3 Å². The van der Waals surface area contributed by atoms with E-state index in [1.165, 1.54) is 0 Å². The SMILES string of the molecule is CCSc1cc(N)cc(SCC)c1N=Nc1c(SCC)cc(N)cc1SCC. The third kappa shape index (κ3) is 6.27. The second kappa shape index (κ2) is 11.9. The van der Waals surface area contributed by atoms with Crippen molar-refractivity contribution in [2.24, 2.45) is 10.2 Å². The first-order valence-electron chi connectivity index (χ1n) is 9.33. The van der Waals surface area contributed by atoms with Crippen molar-refractivity contribution in [1.82, 2.24) is 0 Å². The van der Waals surface area contributed by atoms with Crippen LogP contribution in [0.3, 0.4) is 0 Å². The topological polar surface area (TPSA) is 76.8 Å². The van der Waals surface area contributed by atoms with Crippen molar-refractivity contribution in [1.29, 1.82) is 0 Å². The summed E-state index contributed by atoms with van der Waals surface area (Å²) in [6.07, 6.45) is 0. The molecule has 2 rings (SSSR count). The molecule has 0 amide bonds. The Kier molecular flexibility index (Phi) is 9.91. The lowest BCUT2D eigenvalue weighted by molar-refractivity contribution is 1.10. The summed E-state index contributed by atoms with van der Waals surface area (Å²) in [7, 11) is 0. The van der Waals surface area contributed by atoms with Crippen LogP contribution in [0.15, 0.2) is 54.1 Å². The first-order chi connectivity index (χ1) is 13.5. The molecule has 0 aromatic heterocycles. The molecule has 8 heteroatoms. The number of nitrogen functional groups attached to an aromatic ring is 2. The zero-order valence-electron chi connectivity index (χ0n) is 16.8. The van der Waals surface area contributed by atoms with Gasteiger partial charge in [0, 0.05) is 31.0 Å². The van der Waals surface area contributed by atoms with Gasteiger partial charge in [0.1, 0.15) is 11.4 Å². The molecule has 4 nitrogen and oxygen atoms in total. The number of hydrogen-bond donors (Lipinski definition) is 2. The van der Waals surface area contributed by atoms with E-state index >= 15 is 0 Å². The number of nitrogens with two attached hydrogens (primary N) is 2. The van der Waals surface area contributed by atoms with E-state index in [0.29, 0.717) is 0 Å². The Morgan fingerprint density at radius 1 is 0.571 bits per heavy atom. The predicted octanol–water partition coefficient (Wildman–Crippen LogP) is 7.71. The van der Waals surface area contributed by atoms with Gasteiger partial charge in [-0.2, -0.15) is 0 Å². The maximum Gasteiger partial charge on any atom is 0.113 e. The molecular weight excluding hydrogens is 425 g/mol. The van der Waals surface area contributed by atoms with Gasteiger partial charge < -0.3 is 11.5 Å². The number of hydrogen-bond acceptors (Lipinski definition) is 8. The fourth-order valence-electron chi connectivity index (χ4n) is 2.56. The van der Waals surface area contributed by atoms with Crippen molar-refractivity contribution in [2.45, 2.75) is 47.3 Å². The summed E-state index contributed by atoms with van der Waals surface area (Å²) in [4.78, 5) is 4.30. The van der Waals surface area contributed by atoms with Crippen LogP contribution >= 0.6 is 47.0 Å². The fraction of sp³-hybridized carbons (Fsp3) is 0.400. The minimum Gasteiger partial charge on any atom is -0.399 e. The van der Waals surface area contributed by atoms with E-state index in [2.05, 4.69) is 27.7 Å². The van der Waals surface area contributed by atoms with E-state index in [1.54, 1.807) is 47.0 Å². The molecule has 0 fully saturated rings. The molecule has 28 heavy (non-hydrogen) atoms. The van der Waals surface area contributed by atoms with Crippen LogP contribution in [0.1, 0.15) is 27.7 Å². The van der Waals surface area contributed by atoms with E-state index in [1.807, 2.05) is 24.3 Å². The third-order valence-corrected chi connectivity index (χ3v) is 7.22. The second-order valence-corrected chi connectivity index (χ2v) is 10.9. The van der Waals surface area contributed by atoms with Crippen molar-refractivity contribution in [3.63, 3.8) is 0 Å². The lowest BCUT2D eigenvalue weighted by atomic mass is 10.3. The Bertz CT molecular complexity index is 702. The third-order valence-electron chi connectivity index (χ3n) is 3.57. The first kappa shape index (κ1) is 23.3. The summed E-state index contributed by atoms with van der Waals surface area (Å²) in [5, 5.41) is 9.46. The minimum absolute atomic E-state index is 0.766. The van der Waals surface area contributed by atoms with E-state index in [-0.39, 0.29) is 0 Å². The molecule has 0 aliphatic rings. The normalized spacial score (nSPS) is 11.4. The largest absolute Gasteiger partial charge is 0.399 e. The molecule has 152 valence electrons. The van der Waals surface area contributed by atoms with Gasteiger partial charge in [-0.05, 0) is 47.3 Å². The van der Waals surface area contributed by atoms with E-state index in [0.717, 1.165) is 65.3 Å². The molecule has 0 aliphatic heterocycles. The highest BCUT2D eigenvalue weighted by molar-refractivity contribution is 8.00. The smallest absolute Gasteiger partial charge is 0.113 e. The highest BCUT2D eigenvalue weighted by atomic mass is 32.2. The molecular formula is C20H28N4S4. The Labute approximate surface area is 185 Å². The average Bonchev–Trinajstić information content (AvgIpc) is 2.63. The Hall–Kier alpha value is -0.960. The first-order valence-corrected chi connectivity index (χ1v) is 13.3. The molecule has 0 radical (unpaired) electrons. The number of azo groups is 1. The van der Waals surface area contributed by atoms with Crippen LogP contribution < -0.4 is 11.5 Å². The standard InChI is InChI=1S/C20H28N4S4/c1-5-25-15-9-13(21)10-16(26-6-2)19(15)23-24-20-17(27-7-3)11-14(22)12-18(20)28-8-4/h9-12H,5-8,21-22H2,1-4H3. The number of nitrogens with zero attached hydrogens (tertiary/aromatic N) is 2. The van der Waals surface area contributed by atoms with E-state index in [4.69, 9.17) is 21.7 Å². The van der Waals surface area contributed by atoms with Gasteiger partial charge in [0.25, 0.3) is 0 Å². The van der Waals surface area contributed by atoms with Gasteiger partial charge in [0.05, 0.1) is 0 Å². The van der Waals surface area contributed by atoms with Crippen molar-refractivity contribution in [3.8, 4) is 0 Å². The van der Waals surface area contributed by atoms with Gasteiger partial charge in [-0.3, -0.25) is 0 Å². The number of benzene rings is 2. The van der Waals surface area contributed by atoms with Crippen molar-refractivity contribution in [3.05, 3.63) is 24.3 Å². The molecule has 0 saturated heterocycles. The molecule has 2 aromatic carbocycles. The molecule has 2 aromatic rings. The van der Waals surface area contributed by atoms with Crippen LogP contribution in [0.2, 0.25) is 0 Å². The summed E-state index contributed by atoms with van der Waals surface area (Å²) < 4.78 is 0. The van der Waals surface area contributed by atoms with E-state index < -0.39 is 0 Å². The summed E-state index contributed by atoms with van der Waals surface area (Å²) in [5.74, 6) is 3.83. The van der Waals surface area contributed by atoms with E-state index in [9.17, 15) is 0 Å². The van der Waals surface area contributed by atoms with Crippen molar-refractivity contribution < 1.29 is 0 Å². The molecule has 0 unspecified atom stereocenters. The zero-order chi connectivity index (χ0) is 20.5. The average molecular weight is 453 g/mol. The van der Waals surface area contributed by atoms with Crippen LogP contribution in [0, 0.1) is 0 Å². The molecule has 0 aliphatic carbocycles. The fourth-order valence-corrected chi connectivity index (χ4v) is 5.97. The highest BCUT2D eigenvalue weighted by Crippen LogP contribution is 2.44. The van der Waals surface area contributed by atoms with Crippen LogP contribution in [-0.4, -0.2) is 23.0 Å². The number of anilines is 2. The quantitative estimate of drug-likeness (QED) is 0.218. The summed E-state index contributed by atoms with van der Waals surface area (Å²) in [5.41, 5.74) is 15.6. The molecule has 0 saturated carbocycles. The summed E-state index contributed by atoms with van der Waals surface area (Å²) in [6, 6.07) is 7.98. The van der Waals surface area contributed by atoms with Gasteiger partial charge in [0.15, 0.2) is 0 Å². The lowest BCUT2D eigenvalue weighted by Crippen LogP contribution is -1.90. The summed E-state index contributed by atoms with van der Waals surface area (Å²) in [6.45, 7) is 8.53. The van der Waals surface area contributed by atoms with Gasteiger partial charge in [-0.1, -0.05) is 27.7 Å². The molecule has 4 N–H and O–H groups in total. The van der Waals surface area contributed by atoms with Crippen molar-refractivity contribution in [2.75, 3.05) is 34.5 Å². The summed E-state index contributed by atoms with van der Waals surface area (Å²) >= 11 is 6.98. The zero-order valence-corrected chi connectivity index (χ0v) is 20.1.